The van der Waals surface area contributed by atoms with E-state index in [1.165, 1.54) is 11.1 Å². The van der Waals surface area contributed by atoms with Gasteiger partial charge in [0, 0.05) is 11.1 Å². The molecule has 0 aromatic heterocycles. The molecule has 0 spiro atoms. The van der Waals surface area contributed by atoms with Gasteiger partial charge in [-0.2, -0.15) is 5.26 Å². The summed E-state index contributed by atoms with van der Waals surface area (Å²) >= 11 is 0. The summed E-state index contributed by atoms with van der Waals surface area (Å²) in [7, 11) is -1.92. The molecule has 0 fully saturated rings. The molecule has 0 aliphatic heterocycles. The number of benzene rings is 2. The smallest absolute Gasteiger partial charge is 0.196 e. The average Bonchev–Trinajstić information content (AvgIpc) is 2.63. The van der Waals surface area contributed by atoms with Gasteiger partial charge in [-0.25, -0.2) is 0 Å². The summed E-state index contributed by atoms with van der Waals surface area (Å²) in [4.78, 5) is 0. The van der Waals surface area contributed by atoms with Crippen LogP contribution in [-0.4, -0.2) is 8.32 Å². The Kier molecular flexibility index (Phi) is 3.68. The molecule has 2 nitrogen and oxygen atoms in total. The summed E-state index contributed by atoms with van der Waals surface area (Å²) < 4.78 is 6.53. The lowest BCUT2D eigenvalue weighted by atomic mass is 9.85. The lowest BCUT2D eigenvalue weighted by Gasteiger charge is -2.35. The second kappa shape index (κ2) is 5.39. The van der Waals surface area contributed by atoms with E-state index in [4.69, 9.17) is 4.43 Å². The molecule has 0 saturated heterocycles. The number of aryl methyl sites for hydroxylation is 2. The predicted octanol–water partition coefficient (Wildman–Crippen LogP) is 4.40. The summed E-state index contributed by atoms with van der Waals surface area (Å²) in [6.07, 6.45) is 1.90. The number of rotatable bonds is 2. The molecule has 0 radical (unpaired) electrons. The first-order valence-corrected chi connectivity index (χ1v) is 11.2. The monoisotopic (exact) mass is 307 g/mol. The van der Waals surface area contributed by atoms with E-state index < -0.39 is 13.9 Å². The minimum atomic E-state index is -1.92. The van der Waals surface area contributed by atoms with E-state index in [1.54, 1.807) is 0 Å². The second-order valence-electron chi connectivity index (χ2n) is 6.82. The largest absolute Gasteiger partial charge is 0.393 e. The Morgan fingerprint density at radius 2 is 1.36 bits per heavy atom. The molecule has 0 amide bonds. The maximum Gasteiger partial charge on any atom is 0.196 e. The number of fused-ring (bicyclic) bond motifs is 2. The van der Waals surface area contributed by atoms with Crippen LogP contribution in [0.2, 0.25) is 19.6 Å². The SMILES string of the molecule is C[Si](C)(C)OC1(C#N)c2ccccc2CCc2ccccc21. The summed E-state index contributed by atoms with van der Waals surface area (Å²) in [5, 5.41) is 10.2. The van der Waals surface area contributed by atoms with Crippen LogP contribution < -0.4 is 0 Å². The minimum absolute atomic E-state index is 0.950. The highest BCUT2D eigenvalue weighted by Crippen LogP contribution is 2.42. The molecule has 112 valence electrons. The summed E-state index contributed by atoms with van der Waals surface area (Å²) in [5.74, 6) is 0. The Hall–Kier alpha value is -1.89. The molecular formula is C19H21NOSi. The average molecular weight is 307 g/mol. The van der Waals surface area contributed by atoms with Crippen molar-refractivity contribution in [1.29, 1.82) is 5.26 Å². The first-order valence-electron chi connectivity index (χ1n) is 7.74. The van der Waals surface area contributed by atoms with Crippen molar-refractivity contribution in [3.63, 3.8) is 0 Å². The molecule has 0 saturated carbocycles. The van der Waals surface area contributed by atoms with Crippen molar-refractivity contribution in [3.8, 4) is 6.07 Å². The highest BCUT2D eigenvalue weighted by molar-refractivity contribution is 6.69. The van der Waals surface area contributed by atoms with Crippen molar-refractivity contribution < 1.29 is 4.43 Å². The van der Waals surface area contributed by atoms with Gasteiger partial charge in [0.2, 0.25) is 0 Å². The Morgan fingerprint density at radius 1 is 0.909 bits per heavy atom. The van der Waals surface area contributed by atoms with E-state index in [2.05, 4.69) is 50.0 Å². The Bertz CT molecular complexity index is 692. The Balaban J connectivity index is 2.32. The molecule has 2 aromatic carbocycles. The zero-order valence-electron chi connectivity index (χ0n) is 13.4. The van der Waals surface area contributed by atoms with Crippen LogP contribution in [0.25, 0.3) is 0 Å². The fraction of sp³-hybridized carbons (Fsp3) is 0.316. The van der Waals surface area contributed by atoms with Crippen LogP contribution in [0.3, 0.4) is 0 Å². The number of nitriles is 1. The van der Waals surface area contributed by atoms with Gasteiger partial charge in [0.25, 0.3) is 0 Å². The van der Waals surface area contributed by atoms with Crippen molar-refractivity contribution in [2.45, 2.75) is 38.1 Å². The first kappa shape index (κ1) is 15.0. The lowest BCUT2D eigenvalue weighted by molar-refractivity contribution is 0.163. The number of hydrogen-bond donors (Lipinski definition) is 0. The van der Waals surface area contributed by atoms with Gasteiger partial charge in [0.05, 0.1) is 0 Å². The summed E-state index contributed by atoms with van der Waals surface area (Å²) in [6, 6.07) is 19.0. The third-order valence-corrected chi connectivity index (χ3v) is 4.99. The molecule has 1 aliphatic rings. The quantitative estimate of drug-likeness (QED) is 0.770. The molecule has 3 heteroatoms. The van der Waals surface area contributed by atoms with E-state index in [0.717, 1.165) is 24.0 Å². The van der Waals surface area contributed by atoms with E-state index >= 15 is 0 Å². The van der Waals surface area contributed by atoms with Crippen molar-refractivity contribution in [2.24, 2.45) is 0 Å². The van der Waals surface area contributed by atoms with Crippen molar-refractivity contribution in [3.05, 3.63) is 70.8 Å². The van der Waals surface area contributed by atoms with Gasteiger partial charge in [0.15, 0.2) is 13.9 Å². The van der Waals surface area contributed by atoms with Crippen LogP contribution in [0.15, 0.2) is 48.5 Å². The van der Waals surface area contributed by atoms with Crippen molar-refractivity contribution in [2.75, 3.05) is 0 Å². The molecule has 0 N–H and O–H groups in total. The molecule has 22 heavy (non-hydrogen) atoms. The standard InChI is InChI=1S/C19H21NOSi/c1-22(2,3)21-19(14-20)17-10-6-4-8-15(17)12-13-16-9-5-7-11-18(16)19/h4-11H,12-13H2,1-3H3. The first-order chi connectivity index (χ1) is 10.5. The third kappa shape index (κ3) is 2.49. The van der Waals surface area contributed by atoms with Gasteiger partial charge < -0.3 is 4.43 Å². The summed E-state index contributed by atoms with van der Waals surface area (Å²) in [6.45, 7) is 6.42. The predicted molar refractivity (Wildman–Crippen MR) is 91.1 cm³/mol. The molecule has 0 atom stereocenters. The topological polar surface area (TPSA) is 33.0 Å². The van der Waals surface area contributed by atoms with Crippen LogP contribution >= 0.6 is 0 Å². The zero-order valence-corrected chi connectivity index (χ0v) is 14.4. The Labute approximate surface area is 133 Å². The Morgan fingerprint density at radius 3 is 1.77 bits per heavy atom. The normalized spacial score (nSPS) is 16.1. The zero-order chi connectivity index (χ0) is 15.8. The molecule has 1 aliphatic carbocycles. The van der Waals surface area contributed by atoms with Gasteiger partial charge in [-0.3, -0.25) is 0 Å². The number of hydrogen-bond acceptors (Lipinski definition) is 2. The highest BCUT2D eigenvalue weighted by Gasteiger charge is 2.43. The molecule has 0 bridgehead atoms. The third-order valence-electron chi connectivity index (χ3n) is 4.07. The lowest BCUT2D eigenvalue weighted by Crippen LogP contribution is -2.41. The maximum absolute atomic E-state index is 10.2. The van der Waals surface area contributed by atoms with E-state index in [0.29, 0.717) is 0 Å². The fourth-order valence-electron chi connectivity index (χ4n) is 3.29. The minimum Gasteiger partial charge on any atom is -0.393 e. The molecular weight excluding hydrogens is 286 g/mol. The second-order valence-corrected chi connectivity index (χ2v) is 11.3. The van der Waals surface area contributed by atoms with Crippen LogP contribution in [0.1, 0.15) is 22.3 Å². The molecule has 0 unspecified atom stereocenters. The highest BCUT2D eigenvalue weighted by atomic mass is 28.4. The van der Waals surface area contributed by atoms with Crippen LogP contribution in [0.5, 0.6) is 0 Å². The molecule has 2 aromatic rings. The van der Waals surface area contributed by atoms with E-state index in [-0.39, 0.29) is 0 Å². The van der Waals surface area contributed by atoms with Gasteiger partial charge in [-0.05, 0) is 43.6 Å². The van der Waals surface area contributed by atoms with Gasteiger partial charge in [-0.1, -0.05) is 48.5 Å². The van der Waals surface area contributed by atoms with E-state index in [9.17, 15) is 5.26 Å². The molecule has 3 rings (SSSR count). The van der Waals surface area contributed by atoms with Crippen LogP contribution in [-0.2, 0) is 22.9 Å². The molecule has 0 heterocycles. The fourth-order valence-corrected chi connectivity index (χ4v) is 4.47. The van der Waals surface area contributed by atoms with Gasteiger partial charge in [-0.15, -0.1) is 0 Å². The van der Waals surface area contributed by atoms with Crippen LogP contribution in [0, 0.1) is 11.3 Å². The van der Waals surface area contributed by atoms with Crippen molar-refractivity contribution in [1.82, 2.24) is 0 Å². The maximum atomic E-state index is 10.2. The van der Waals surface area contributed by atoms with E-state index in [1.807, 2.05) is 24.3 Å². The summed E-state index contributed by atoms with van der Waals surface area (Å²) in [5.41, 5.74) is 3.50. The van der Waals surface area contributed by atoms with Gasteiger partial charge in [0.1, 0.15) is 6.07 Å². The van der Waals surface area contributed by atoms with Crippen molar-refractivity contribution >= 4 is 8.32 Å². The van der Waals surface area contributed by atoms with Crippen LogP contribution in [0.4, 0.5) is 0 Å². The van der Waals surface area contributed by atoms with Gasteiger partial charge >= 0.3 is 0 Å². The number of nitrogens with zero attached hydrogens (tertiary/aromatic N) is 1.